The lowest BCUT2D eigenvalue weighted by atomic mass is 10.0. The van der Waals surface area contributed by atoms with Crippen LogP contribution in [0.25, 0.3) is 5.57 Å². The highest BCUT2D eigenvalue weighted by molar-refractivity contribution is 6.76. The molecule has 27 heavy (non-hydrogen) atoms. The first-order chi connectivity index (χ1) is 12.7. The summed E-state index contributed by atoms with van der Waals surface area (Å²) in [5.74, 6) is -0.539. The summed E-state index contributed by atoms with van der Waals surface area (Å²) in [7, 11) is -1.18. The third-order valence-electron chi connectivity index (χ3n) is 4.11. The number of amides is 1. The fraction of sp³-hybridized carbons (Fsp3) is 0.647. The summed E-state index contributed by atoms with van der Waals surface area (Å²) < 4.78 is 10.7. The molecule has 0 fully saturated rings. The largest absolute Gasteiger partial charge is 0.465 e. The van der Waals surface area contributed by atoms with Crippen LogP contribution in [0.4, 0.5) is 4.79 Å². The van der Waals surface area contributed by atoms with Crippen LogP contribution in [0.5, 0.6) is 0 Å². The standard InChI is InChI=1S/C17H28N4O5Si/c1-5-26-16(22)15-14(13-6-8-20(9-7-13)17(23)24)18-21(19-15)12-25-10-11-27(2,3)4/h6H,5,7-12H2,1-4H3,(H,23,24). The van der Waals surface area contributed by atoms with Crippen molar-refractivity contribution in [1.82, 2.24) is 19.9 Å². The van der Waals surface area contributed by atoms with E-state index in [1.54, 1.807) is 13.0 Å². The number of hydrogen-bond donors (Lipinski definition) is 1. The topological polar surface area (TPSA) is 107 Å². The van der Waals surface area contributed by atoms with Crippen LogP contribution in [-0.4, -0.2) is 71.4 Å². The van der Waals surface area contributed by atoms with Crippen LogP contribution >= 0.6 is 0 Å². The molecular weight excluding hydrogens is 368 g/mol. The number of hydrogen-bond acceptors (Lipinski definition) is 6. The van der Waals surface area contributed by atoms with Gasteiger partial charge in [-0.05, 0) is 25.0 Å². The molecule has 1 aliphatic rings. The van der Waals surface area contributed by atoms with Gasteiger partial charge in [0.05, 0.1) is 6.61 Å². The minimum absolute atomic E-state index is 0.140. The summed E-state index contributed by atoms with van der Waals surface area (Å²) in [5.41, 5.74) is 1.37. The van der Waals surface area contributed by atoms with Gasteiger partial charge in [-0.2, -0.15) is 9.90 Å². The van der Waals surface area contributed by atoms with Gasteiger partial charge in [0, 0.05) is 27.8 Å². The molecule has 0 bridgehead atoms. The Bertz CT molecular complexity index is 711. The lowest BCUT2D eigenvalue weighted by Gasteiger charge is -2.22. The van der Waals surface area contributed by atoms with E-state index in [2.05, 4.69) is 29.8 Å². The number of aromatic nitrogens is 3. The number of carboxylic acid groups (broad SMARTS) is 1. The van der Waals surface area contributed by atoms with Crippen LogP contribution in [0, 0.1) is 0 Å². The van der Waals surface area contributed by atoms with Gasteiger partial charge in [-0.15, -0.1) is 5.10 Å². The lowest BCUT2D eigenvalue weighted by molar-refractivity contribution is 0.0507. The van der Waals surface area contributed by atoms with Gasteiger partial charge in [0.1, 0.15) is 5.69 Å². The van der Waals surface area contributed by atoms with E-state index in [0.717, 1.165) is 11.6 Å². The van der Waals surface area contributed by atoms with Crippen LogP contribution in [0.3, 0.4) is 0 Å². The summed E-state index contributed by atoms with van der Waals surface area (Å²) in [6, 6.07) is 1.03. The van der Waals surface area contributed by atoms with Crippen LogP contribution in [-0.2, 0) is 16.2 Å². The van der Waals surface area contributed by atoms with Gasteiger partial charge < -0.3 is 19.5 Å². The fourth-order valence-electron chi connectivity index (χ4n) is 2.54. The van der Waals surface area contributed by atoms with E-state index in [9.17, 15) is 9.59 Å². The maximum atomic E-state index is 12.3. The molecule has 0 aromatic carbocycles. The number of esters is 1. The number of ether oxygens (including phenoxy) is 2. The molecule has 2 rings (SSSR count). The predicted molar refractivity (Wildman–Crippen MR) is 102 cm³/mol. The van der Waals surface area contributed by atoms with Crippen molar-refractivity contribution in [2.45, 2.75) is 45.8 Å². The van der Waals surface area contributed by atoms with Crippen molar-refractivity contribution in [2.75, 3.05) is 26.3 Å². The zero-order valence-electron chi connectivity index (χ0n) is 16.4. The summed E-state index contributed by atoms with van der Waals surface area (Å²) in [6.07, 6.45) is 1.27. The van der Waals surface area contributed by atoms with Gasteiger partial charge in [-0.1, -0.05) is 25.7 Å². The van der Waals surface area contributed by atoms with Crippen LogP contribution < -0.4 is 0 Å². The molecule has 0 atom stereocenters. The van der Waals surface area contributed by atoms with E-state index in [-0.39, 0.29) is 25.6 Å². The van der Waals surface area contributed by atoms with Gasteiger partial charge in [0.15, 0.2) is 12.4 Å². The lowest BCUT2D eigenvalue weighted by Crippen LogP contribution is -2.33. The highest BCUT2D eigenvalue weighted by Crippen LogP contribution is 2.23. The monoisotopic (exact) mass is 396 g/mol. The minimum Gasteiger partial charge on any atom is -0.465 e. The zero-order valence-corrected chi connectivity index (χ0v) is 17.4. The molecular formula is C17H28N4O5Si. The molecule has 0 radical (unpaired) electrons. The van der Waals surface area contributed by atoms with E-state index >= 15 is 0 Å². The molecule has 0 saturated heterocycles. The average Bonchev–Trinajstić information content (AvgIpc) is 3.02. The summed E-state index contributed by atoms with van der Waals surface area (Å²) >= 11 is 0. The maximum Gasteiger partial charge on any atom is 0.407 e. The van der Waals surface area contributed by atoms with Crippen LogP contribution in [0.1, 0.15) is 29.5 Å². The van der Waals surface area contributed by atoms with E-state index < -0.39 is 20.1 Å². The van der Waals surface area contributed by atoms with Gasteiger partial charge >= 0.3 is 12.1 Å². The molecule has 2 heterocycles. The Morgan fingerprint density at radius 3 is 2.59 bits per heavy atom. The van der Waals surface area contributed by atoms with Crippen molar-refractivity contribution in [2.24, 2.45) is 0 Å². The summed E-state index contributed by atoms with van der Waals surface area (Å²) in [4.78, 5) is 26.0. The molecule has 0 spiro atoms. The SMILES string of the molecule is CCOC(=O)c1nn(COCC[Si](C)(C)C)nc1C1=CCN(C(=O)O)CC1. The number of nitrogens with zero attached hydrogens (tertiary/aromatic N) is 4. The fourth-order valence-corrected chi connectivity index (χ4v) is 3.30. The highest BCUT2D eigenvalue weighted by atomic mass is 28.3. The van der Waals surface area contributed by atoms with Crippen LogP contribution in [0.15, 0.2) is 6.08 Å². The molecule has 9 nitrogen and oxygen atoms in total. The summed E-state index contributed by atoms with van der Waals surface area (Å²) in [6.45, 7) is 10.2. The Labute approximate surface area is 159 Å². The molecule has 10 heteroatoms. The van der Waals surface area contributed by atoms with E-state index in [4.69, 9.17) is 14.6 Å². The molecule has 1 aromatic heterocycles. The minimum atomic E-state index is -1.18. The van der Waals surface area contributed by atoms with E-state index in [0.29, 0.717) is 25.3 Å². The van der Waals surface area contributed by atoms with Crippen molar-refractivity contribution in [3.63, 3.8) is 0 Å². The Morgan fingerprint density at radius 1 is 1.30 bits per heavy atom. The second-order valence-electron chi connectivity index (χ2n) is 7.55. The van der Waals surface area contributed by atoms with Crippen molar-refractivity contribution in [1.29, 1.82) is 0 Å². The first-order valence-corrected chi connectivity index (χ1v) is 12.8. The molecule has 1 N–H and O–H groups in total. The molecule has 1 amide bonds. The number of rotatable bonds is 8. The highest BCUT2D eigenvalue weighted by Gasteiger charge is 2.26. The number of carbonyl (C=O) groups excluding carboxylic acids is 1. The second-order valence-corrected chi connectivity index (χ2v) is 13.2. The first-order valence-electron chi connectivity index (χ1n) is 9.08. The number of carbonyl (C=O) groups is 2. The van der Waals surface area contributed by atoms with Gasteiger partial charge in [0.25, 0.3) is 0 Å². The Hall–Kier alpha value is -2.20. The quantitative estimate of drug-likeness (QED) is 0.409. The van der Waals surface area contributed by atoms with Crippen molar-refractivity contribution >= 4 is 25.7 Å². The maximum absolute atomic E-state index is 12.3. The molecule has 150 valence electrons. The predicted octanol–water partition coefficient (Wildman–Crippen LogP) is 2.53. The van der Waals surface area contributed by atoms with Crippen molar-refractivity contribution < 1.29 is 24.2 Å². The molecule has 0 unspecified atom stereocenters. The van der Waals surface area contributed by atoms with E-state index in [1.165, 1.54) is 9.70 Å². The summed E-state index contributed by atoms with van der Waals surface area (Å²) in [5, 5.41) is 17.7. The molecule has 1 aliphatic heterocycles. The molecule has 1 aromatic rings. The Balaban J connectivity index is 2.13. The van der Waals surface area contributed by atoms with Gasteiger partial charge in [0.2, 0.25) is 0 Å². The van der Waals surface area contributed by atoms with Crippen molar-refractivity contribution in [3.8, 4) is 0 Å². The Morgan fingerprint density at radius 2 is 2.04 bits per heavy atom. The van der Waals surface area contributed by atoms with Crippen LogP contribution in [0.2, 0.25) is 25.7 Å². The van der Waals surface area contributed by atoms with Gasteiger partial charge in [-0.25, -0.2) is 9.59 Å². The second kappa shape index (κ2) is 9.13. The zero-order chi connectivity index (χ0) is 20.0. The smallest absolute Gasteiger partial charge is 0.407 e. The van der Waals surface area contributed by atoms with Crippen molar-refractivity contribution in [3.05, 3.63) is 17.5 Å². The van der Waals surface area contributed by atoms with Gasteiger partial charge in [-0.3, -0.25) is 0 Å². The Kier molecular flexibility index (Phi) is 7.14. The third kappa shape index (κ3) is 6.17. The average molecular weight is 397 g/mol. The third-order valence-corrected chi connectivity index (χ3v) is 5.82. The first kappa shape index (κ1) is 21.1. The van der Waals surface area contributed by atoms with E-state index in [1.807, 2.05) is 0 Å². The molecule has 0 aliphatic carbocycles. The normalized spacial score (nSPS) is 14.8. The molecule has 0 saturated carbocycles.